The van der Waals surface area contributed by atoms with Crippen molar-refractivity contribution in [2.45, 2.75) is 37.9 Å². The Morgan fingerprint density at radius 3 is 3.12 bits per heavy atom. The summed E-state index contributed by atoms with van der Waals surface area (Å²) in [4.78, 5) is 3.94. The Hall–Kier alpha value is -0.840. The van der Waals surface area contributed by atoms with E-state index in [2.05, 4.69) is 4.98 Å². The van der Waals surface area contributed by atoms with E-state index in [4.69, 9.17) is 22.1 Å². The molecule has 0 spiro atoms. The molecule has 0 amide bonds. The Morgan fingerprint density at radius 2 is 2.41 bits per heavy atom. The quantitative estimate of drug-likeness (QED) is 0.871. The molecule has 1 aromatic heterocycles. The molecule has 94 valence electrons. The Kier molecular flexibility index (Phi) is 4.20. The number of pyridine rings is 1. The molecule has 5 heteroatoms. The van der Waals surface area contributed by atoms with Gasteiger partial charge in [0, 0.05) is 24.8 Å². The molecule has 17 heavy (non-hydrogen) atoms. The van der Waals surface area contributed by atoms with E-state index >= 15 is 0 Å². The van der Waals surface area contributed by atoms with Crippen LogP contribution in [0.3, 0.4) is 0 Å². The molecule has 1 aliphatic heterocycles. The Balaban J connectivity index is 2.02. The second-order valence-corrected chi connectivity index (χ2v) is 4.80. The number of nitrogens with two attached hydrogens (primary N) is 1. The fraction of sp³-hybridized carbons (Fsp3) is 0.583. The number of aromatic nitrogens is 1. The van der Waals surface area contributed by atoms with Crippen molar-refractivity contribution in [3.05, 3.63) is 22.8 Å². The molecular weight excluding hydrogens is 240 g/mol. The summed E-state index contributed by atoms with van der Waals surface area (Å²) >= 11 is 5.84. The van der Waals surface area contributed by atoms with E-state index in [1.807, 2.05) is 0 Å². The highest BCUT2D eigenvalue weighted by Gasteiger charge is 2.21. The van der Waals surface area contributed by atoms with Crippen molar-refractivity contribution in [1.82, 2.24) is 4.98 Å². The first-order valence-corrected chi connectivity index (χ1v) is 6.25. The average Bonchev–Trinajstić information content (AvgIpc) is 2.33. The van der Waals surface area contributed by atoms with Gasteiger partial charge in [0.25, 0.3) is 0 Å². The first-order valence-electron chi connectivity index (χ1n) is 5.87. The molecule has 1 fully saturated rings. The molecule has 2 unspecified atom stereocenters. The van der Waals surface area contributed by atoms with Gasteiger partial charge in [-0.05, 0) is 25.3 Å². The van der Waals surface area contributed by atoms with Crippen LogP contribution in [0.1, 0.15) is 37.4 Å². The van der Waals surface area contributed by atoms with Crippen molar-refractivity contribution >= 4 is 17.4 Å². The molecule has 0 aromatic carbocycles. The molecule has 0 radical (unpaired) electrons. The smallest absolute Gasteiger partial charge is 0.129 e. The van der Waals surface area contributed by atoms with E-state index in [9.17, 15) is 5.11 Å². The number of ether oxygens (including phenoxy) is 1. The van der Waals surface area contributed by atoms with E-state index in [1.165, 1.54) is 6.20 Å². The molecule has 1 saturated heterocycles. The molecule has 1 aromatic rings. The summed E-state index contributed by atoms with van der Waals surface area (Å²) in [6.07, 6.45) is 4.72. The average molecular weight is 257 g/mol. The maximum absolute atomic E-state index is 10.1. The number of nitrogens with zero attached hydrogens (tertiary/aromatic N) is 1. The van der Waals surface area contributed by atoms with Gasteiger partial charge in [-0.25, -0.2) is 4.98 Å². The lowest BCUT2D eigenvalue weighted by Gasteiger charge is -2.25. The second kappa shape index (κ2) is 5.67. The van der Waals surface area contributed by atoms with Gasteiger partial charge < -0.3 is 15.6 Å². The molecule has 2 heterocycles. The normalized spacial score (nSPS) is 22.4. The molecule has 3 N–H and O–H groups in total. The number of aliphatic hydroxyl groups is 1. The van der Waals surface area contributed by atoms with Gasteiger partial charge in [-0.2, -0.15) is 0 Å². The molecule has 2 rings (SSSR count). The van der Waals surface area contributed by atoms with Crippen molar-refractivity contribution in [2.75, 3.05) is 12.3 Å². The van der Waals surface area contributed by atoms with Crippen LogP contribution in [0.25, 0.3) is 0 Å². The highest BCUT2D eigenvalue weighted by Crippen LogP contribution is 2.28. The number of hydrogen-bond donors (Lipinski definition) is 2. The van der Waals surface area contributed by atoms with Crippen molar-refractivity contribution in [2.24, 2.45) is 0 Å². The fourth-order valence-corrected chi connectivity index (χ4v) is 2.27. The first-order chi connectivity index (χ1) is 8.16. The molecule has 2 atom stereocenters. The lowest BCUT2D eigenvalue weighted by molar-refractivity contribution is -0.0154. The molecule has 1 aliphatic rings. The molecule has 4 nitrogen and oxygen atoms in total. The molecular formula is C12H17ClN2O2. The summed E-state index contributed by atoms with van der Waals surface area (Å²) in [5.74, 6) is 0.331. The van der Waals surface area contributed by atoms with E-state index in [0.29, 0.717) is 22.8 Å². The SMILES string of the molecule is Nc1ncc(Cl)cc1C(O)CC1CCCCO1. The van der Waals surface area contributed by atoms with E-state index in [-0.39, 0.29) is 6.10 Å². The highest BCUT2D eigenvalue weighted by atomic mass is 35.5. The van der Waals surface area contributed by atoms with Crippen LogP contribution in [-0.4, -0.2) is 22.8 Å². The Labute approximate surface area is 106 Å². The van der Waals surface area contributed by atoms with Gasteiger partial charge in [0.05, 0.1) is 17.2 Å². The van der Waals surface area contributed by atoms with Crippen LogP contribution in [0.5, 0.6) is 0 Å². The zero-order valence-corrected chi connectivity index (χ0v) is 10.4. The maximum atomic E-state index is 10.1. The second-order valence-electron chi connectivity index (χ2n) is 4.37. The number of aliphatic hydroxyl groups excluding tert-OH is 1. The van der Waals surface area contributed by atoms with E-state index < -0.39 is 6.10 Å². The van der Waals surface area contributed by atoms with E-state index in [1.54, 1.807) is 6.07 Å². The summed E-state index contributed by atoms with van der Waals surface area (Å²) in [6.45, 7) is 0.778. The Morgan fingerprint density at radius 1 is 1.59 bits per heavy atom. The van der Waals surface area contributed by atoms with Crippen LogP contribution in [-0.2, 0) is 4.74 Å². The molecule has 0 aliphatic carbocycles. The topological polar surface area (TPSA) is 68.4 Å². The number of anilines is 1. The highest BCUT2D eigenvalue weighted by molar-refractivity contribution is 6.30. The largest absolute Gasteiger partial charge is 0.388 e. The number of halogens is 1. The van der Waals surface area contributed by atoms with Gasteiger partial charge in [0.1, 0.15) is 5.82 Å². The lowest BCUT2D eigenvalue weighted by atomic mass is 9.99. The van der Waals surface area contributed by atoms with Crippen molar-refractivity contribution < 1.29 is 9.84 Å². The number of rotatable bonds is 3. The van der Waals surface area contributed by atoms with Gasteiger partial charge in [-0.3, -0.25) is 0 Å². The van der Waals surface area contributed by atoms with Crippen molar-refractivity contribution in [1.29, 1.82) is 0 Å². The van der Waals surface area contributed by atoms with Crippen molar-refractivity contribution in [3.8, 4) is 0 Å². The van der Waals surface area contributed by atoms with Crippen LogP contribution >= 0.6 is 11.6 Å². The summed E-state index contributed by atoms with van der Waals surface area (Å²) in [6, 6.07) is 1.66. The van der Waals surface area contributed by atoms with Crippen LogP contribution in [0.2, 0.25) is 5.02 Å². The third-order valence-corrected chi connectivity index (χ3v) is 3.24. The first kappa shape index (κ1) is 12.6. The summed E-state index contributed by atoms with van der Waals surface area (Å²) in [7, 11) is 0. The summed E-state index contributed by atoms with van der Waals surface area (Å²) < 4.78 is 5.59. The van der Waals surface area contributed by atoms with Crippen LogP contribution in [0.4, 0.5) is 5.82 Å². The minimum Gasteiger partial charge on any atom is -0.388 e. The molecule has 0 bridgehead atoms. The monoisotopic (exact) mass is 256 g/mol. The zero-order valence-electron chi connectivity index (χ0n) is 9.60. The Bertz CT molecular complexity index is 381. The summed E-state index contributed by atoms with van der Waals surface area (Å²) in [5.41, 5.74) is 6.31. The third-order valence-electron chi connectivity index (χ3n) is 3.04. The fourth-order valence-electron chi connectivity index (χ4n) is 2.10. The van der Waals surface area contributed by atoms with Gasteiger partial charge in [-0.15, -0.1) is 0 Å². The van der Waals surface area contributed by atoms with Crippen LogP contribution in [0, 0.1) is 0 Å². The number of nitrogen functional groups attached to an aromatic ring is 1. The standard InChI is InChI=1S/C12H17ClN2O2/c13-8-5-10(12(14)15-7-8)11(16)6-9-3-1-2-4-17-9/h5,7,9,11,16H,1-4,6H2,(H2,14,15). The van der Waals surface area contributed by atoms with Crippen LogP contribution in [0.15, 0.2) is 12.3 Å². The van der Waals surface area contributed by atoms with Gasteiger partial charge in [0.15, 0.2) is 0 Å². The summed E-state index contributed by atoms with van der Waals surface area (Å²) in [5, 5.41) is 10.6. The van der Waals surface area contributed by atoms with E-state index in [0.717, 1.165) is 25.9 Å². The van der Waals surface area contributed by atoms with Gasteiger partial charge in [-0.1, -0.05) is 11.6 Å². The predicted octanol–water partition coefficient (Wildman–Crippen LogP) is 2.31. The predicted molar refractivity (Wildman–Crippen MR) is 66.8 cm³/mol. The molecule has 0 saturated carbocycles. The van der Waals surface area contributed by atoms with Crippen molar-refractivity contribution in [3.63, 3.8) is 0 Å². The minimum atomic E-state index is -0.663. The third kappa shape index (κ3) is 3.31. The van der Waals surface area contributed by atoms with Crippen LogP contribution < -0.4 is 5.73 Å². The zero-order chi connectivity index (χ0) is 12.3. The number of hydrogen-bond acceptors (Lipinski definition) is 4. The van der Waals surface area contributed by atoms with Gasteiger partial charge in [0.2, 0.25) is 0 Å². The maximum Gasteiger partial charge on any atom is 0.129 e. The minimum absolute atomic E-state index is 0.108. The van der Waals surface area contributed by atoms with Gasteiger partial charge >= 0.3 is 0 Å². The lowest BCUT2D eigenvalue weighted by Crippen LogP contribution is -2.22.